The van der Waals surface area contributed by atoms with Crippen LogP contribution >= 0.6 is 31.9 Å². The number of carbonyl (C=O) groups is 1. The molecule has 0 saturated heterocycles. The van der Waals surface area contributed by atoms with Gasteiger partial charge in [0.1, 0.15) is 12.4 Å². The van der Waals surface area contributed by atoms with Crippen molar-refractivity contribution in [1.29, 1.82) is 0 Å². The van der Waals surface area contributed by atoms with Gasteiger partial charge in [-0.1, -0.05) is 25.5 Å². The van der Waals surface area contributed by atoms with Crippen LogP contribution in [0.25, 0.3) is 0 Å². The molecule has 2 aromatic rings. The molecule has 9 heteroatoms. The lowest BCUT2D eigenvalue weighted by molar-refractivity contribution is -0.136. The molecule has 0 spiro atoms. The number of carboxylic acids is 1. The highest BCUT2D eigenvalue weighted by molar-refractivity contribution is 9.11. The second-order valence-corrected chi connectivity index (χ2v) is 10.1. The highest BCUT2D eigenvalue weighted by atomic mass is 79.9. The number of aryl methyl sites for hydroxylation is 1. The summed E-state index contributed by atoms with van der Waals surface area (Å²) in [5.74, 6) is -0.154. The standard InChI is InChI=1S/C20H23Br2NO5S/c1-2-3-9-29(26,27)23-16-6-4-5-15(10-16)13-28-20-17(21)11-14(12-18(20)22)7-8-19(24)25/h4-6,10-12,23H,2-3,7-9,13H2,1H3,(H,24,25). The molecular formula is C20H23Br2NO5S. The number of sulfonamides is 1. The number of ether oxygens (including phenoxy) is 1. The molecule has 0 bridgehead atoms. The molecule has 0 aliphatic rings. The van der Waals surface area contributed by atoms with Crippen molar-refractivity contribution in [2.45, 2.75) is 39.2 Å². The Morgan fingerprint density at radius 3 is 2.45 bits per heavy atom. The maximum atomic E-state index is 12.1. The first kappa shape index (κ1) is 23.7. The Kier molecular flexibility index (Phi) is 8.98. The Balaban J connectivity index is 2.05. The Morgan fingerprint density at radius 1 is 1.14 bits per heavy atom. The van der Waals surface area contributed by atoms with E-state index in [1.165, 1.54) is 0 Å². The van der Waals surface area contributed by atoms with Crippen molar-refractivity contribution < 1.29 is 23.1 Å². The number of halogens is 2. The Bertz CT molecular complexity index is 940. The van der Waals surface area contributed by atoms with Crippen LogP contribution < -0.4 is 9.46 Å². The summed E-state index contributed by atoms with van der Waals surface area (Å²) in [5, 5.41) is 8.82. The van der Waals surface area contributed by atoms with E-state index in [0.717, 1.165) is 17.5 Å². The molecule has 2 N–H and O–H groups in total. The monoisotopic (exact) mass is 547 g/mol. The summed E-state index contributed by atoms with van der Waals surface area (Å²) in [6, 6.07) is 10.7. The second-order valence-electron chi connectivity index (χ2n) is 6.55. The second kappa shape index (κ2) is 11.0. The van der Waals surface area contributed by atoms with Gasteiger partial charge in [0.15, 0.2) is 0 Å². The van der Waals surface area contributed by atoms with Crippen LogP contribution in [0.15, 0.2) is 45.3 Å². The highest BCUT2D eigenvalue weighted by Crippen LogP contribution is 2.35. The van der Waals surface area contributed by atoms with Gasteiger partial charge < -0.3 is 9.84 Å². The first-order valence-corrected chi connectivity index (χ1v) is 12.4. The van der Waals surface area contributed by atoms with Crippen molar-refractivity contribution in [3.63, 3.8) is 0 Å². The zero-order chi connectivity index (χ0) is 21.4. The minimum Gasteiger partial charge on any atom is -0.487 e. The van der Waals surface area contributed by atoms with Crippen LogP contribution in [0.2, 0.25) is 0 Å². The number of carboxylic acid groups (broad SMARTS) is 1. The molecule has 0 fully saturated rings. The van der Waals surface area contributed by atoms with Gasteiger partial charge in [0.2, 0.25) is 10.0 Å². The van der Waals surface area contributed by atoms with Gasteiger partial charge in [-0.05, 0) is 80.1 Å². The molecule has 0 amide bonds. The molecule has 2 aromatic carbocycles. The van der Waals surface area contributed by atoms with Crippen LogP contribution in [0.1, 0.15) is 37.3 Å². The Morgan fingerprint density at radius 2 is 1.83 bits per heavy atom. The number of anilines is 1. The maximum absolute atomic E-state index is 12.1. The zero-order valence-electron chi connectivity index (χ0n) is 16.0. The number of hydrogen-bond donors (Lipinski definition) is 2. The summed E-state index contributed by atoms with van der Waals surface area (Å²) >= 11 is 6.93. The van der Waals surface area contributed by atoms with Crippen molar-refractivity contribution in [3.05, 3.63) is 56.5 Å². The van der Waals surface area contributed by atoms with Crippen molar-refractivity contribution in [2.75, 3.05) is 10.5 Å². The van der Waals surface area contributed by atoms with Gasteiger partial charge in [-0.25, -0.2) is 8.42 Å². The summed E-state index contributed by atoms with van der Waals surface area (Å²) in [6.45, 7) is 2.19. The molecule has 158 valence electrons. The molecular weight excluding hydrogens is 526 g/mol. The number of benzene rings is 2. The molecule has 29 heavy (non-hydrogen) atoms. The molecule has 0 aliphatic heterocycles. The molecule has 0 radical (unpaired) electrons. The third-order valence-electron chi connectivity index (χ3n) is 4.04. The third-order valence-corrected chi connectivity index (χ3v) is 6.59. The zero-order valence-corrected chi connectivity index (χ0v) is 19.9. The van der Waals surface area contributed by atoms with E-state index < -0.39 is 16.0 Å². The summed E-state index contributed by atoms with van der Waals surface area (Å²) < 4.78 is 34.1. The lowest BCUT2D eigenvalue weighted by Crippen LogP contribution is -2.16. The average molecular weight is 549 g/mol. The number of unbranched alkanes of at least 4 members (excludes halogenated alkanes) is 1. The van der Waals surface area contributed by atoms with Crippen LogP contribution in [-0.2, 0) is 27.8 Å². The van der Waals surface area contributed by atoms with Gasteiger partial charge >= 0.3 is 5.97 Å². The normalized spacial score (nSPS) is 11.3. The molecule has 0 saturated carbocycles. The quantitative estimate of drug-likeness (QED) is 0.395. The van der Waals surface area contributed by atoms with E-state index in [4.69, 9.17) is 9.84 Å². The van der Waals surface area contributed by atoms with E-state index in [1.54, 1.807) is 18.2 Å². The van der Waals surface area contributed by atoms with Gasteiger partial charge in [-0.15, -0.1) is 0 Å². The van der Waals surface area contributed by atoms with Crippen LogP contribution in [0, 0.1) is 0 Å². The predicted molar refractivity (Wildman–Crippen MR) is 121 cm³/mol. The lowest BCUT2D eigenvalue weighted by Gasteiger charge is -2.13. The third kappa shape index (κ3) is 7.98. The topological polar surface area (TPSA) is 92.7 Å². The Hall–Kier alpha value is -1.58. The van der Waals surface area contributed by atoms with E-state index in [-0.39, 0.29) is 18.8 Å². The van der Waals surface area contributed by atoms with E-state index in [0.29, 0.717) is 33.2 Å². The Labute approximate surface area is 188 Å². The smallest absolute Gasteiger partial charge is 0.303 e. The SMILES string of the molecule is CCCCS(=O)(=O)Nc1cccc(COc2c(Br)cc(CCC(=O)O)cc2Br)c1. The van der Waals surface area contributed by atoms with E-state index in [2.05, 4.69) is 36.6 Å². The number of hydrogen-bond acceptors (Lipinski definition) is 4. The minimum absolute atomic E-state index is 0.0556. The largest absolute Gasteiger partial charge is 0.487 e. The van der Waals surface area contributed by atoms with E-state index >= 15 is 0 Å². The van der Waals surface area contributed by atoms with E-state index in [9.17, 15) is 13.2 Å². The molecule has 0 aliphatic carbocycles. The fraction of sp³-hybridized carbons (Fsp3) is 0.350. The predicted octanol–water partition coefficient (Wildman–Crippen LogP) is 5.35. The summed E-state index contributed by atoms with van der Waals surface area (Å²) in [4.78, 5) is 10.7. The van der Waals surface area contributed by atoms with Crippen LogP contribution in [0.4, 0.5) is 5.69 Å². The number of nitrogens with one attached hydrogen (secondary N) is 1. The summed E-state index contributed by atoms with van der Waals surface area (Å²) in [5.41, 5.74) is 2.20. The molecule has 6 nitrogen and oxygen atoms in total. The van der Waals surface area contributed by atoms with Crippen molar-refractivity contribution in [3.8, 4) is 5.75 Å². The van der Waals surface area contributed by atoms with Crippen molar-refractivity contribution in [2.24, 2.45) is 0 Å². The van der Waals surface area contributed by atoms with Gasteiger partial charge in [0.05, 0.1) is 14.7 Å². The number of aliphatic carboxylic acids is 1. The van der Waals surface area contributed by atoms with E-state index in [1.807, 2.05) is 25.1 Å². The van der Waals surface area contributed by atoms with Gasteiger partial charge in [0.25, 0.3) is 0 Å². The van der Waals surface area contributed by atoms with Crippen LogP contribution in [-0.4, -0.2) is 25.2 Å². The van der Waals surface area contributed by atoms with Crippen LogP contribution in [0.5, 0.6) is 5.75 Å². The van der Waals surface area contributed by atoms with Gasteiger partial charge in [0, 0.05) is 12.1 Å². The lowest BCUT2D eigenvalue weighted by atomic mass is 10.1. The van der Waals surface area contributed by atoms with Crippen molar-refractivity contribution >= 4 is 53.5 Å². The highest BCUT2D eigenvalue weighted by Gasteiger charge is 2.12. The number of rotatable bonds is 11. The van der Waals surface area contributed by atoms with Crippen molar-refractivity contribution in [1.82, 2.24) is 0 Å². The molecule has 0 heterocycles. The molecule has 0 unspecified atom stereocenters. The molecule has 2 rings (SSSR count). The molecule has 0 atom stereocenters. The van der Waals surface area contributed by atoms with Crippen LogP contribution in [0.3, 0.4) is 0 Å². The fourth-order valence-corrected chi connectivity index (χ4v) is 5.36. The van der Waals surface area contributed by atoms with Gasteiger partial charge in [-0.2, -0.15) is 0 Å². The fourth-order valence-electron chi connectivity index (χ4n) is 2.59. The summed E-state index contributed by atoms with van der Waals surface area (Å²) in [6.07, 6.45) is 1.91. The first-order chi connectivity index (χ1) is 13.7. The minimum atomic E-state index is -3.36. The molecule has 0 aromatic heterocycles. The van der Waals surface area contributed by atoms with Gasteiger partial charge in [-0.3, -0.25) is 9.52 Å². The first-order valence-electron chi connectivity index (χ1n) is 9.12. The maximum Gasteiger partial charge on any atom is 0.303 e. The summed E-state index contributed by atoms with van der Waals surface area (Å²) in [7, 11) is -3.36. The average Bonchev–Trinajstić information content (AvgIpc) is 2.64.